The van der Waals surface area contributed by atoms with E-state index in [9.17, 15) is 16.8 Å². The summed E-state index contributed by atoms with van der Waals surface area (Å²) in [5.74, 6) is 0.134. The van der Waals surface area contributed by atoms with Gasteiger partial charge in [0.25, 0.3) is 0 Å². The van der Waals surface area contributed by atoms with Gasteiger partial charge in [-0.3, -0.25) is 4.72 Å². The second-order valence-electron chi connectivity index (χ2n) is 3.70. The molecule has 1 rings (SSSR count). The Bertz CT molecular complexity index is 629. The van der Waals surface area contributed by atoms with Gasteiger partial charge >= 0.3 is 0 Å². The molecule has 0 saturated carbocycles. The topological polar surface area (TPSA) is 92.3 Å². The molecule has 19 heavy (non-hydrogen) atoms. The maximum atomic E-state index is 11.7. The van der Waals surface area contributed by atoms with Gasteiger partial charge in [0.2, 0.25) is 20.0 Å². The van der Waals surface area contributed by atoms with Crippen molar-refractivity contribution in [2.75, 3.05) is 23.4 Å². The van der Waals surface area contributed by atoms with Crippen LogP contribution in [0, 0.1) is 0 Å². The van der Waals surface area contributed by atoms with E-state index in [0.717, 1.165) is 0 Å². The van der Waals surface area contributed by atoms with E-state index in [-0.39, 0.29) is 22.2 Å². The molecule has 0 atom stereocenters. The monoisotopic (exact) mass is 326 g/mol. The summed E-state index contributed by atoms with van der Waals surface area (Å²) in [5, 5.41) is 0. The molecule has 0 aliphatic carbocycles. The normalized spacial score (nSPS) is 12.3. The highest BCUT2D eigenvalue weighted by atomic mass is 35.5. The number of nitrogens with one attached hydrogen (secondary N) is 2. The minimum Gasteiger partial charge on any atom is -0.284 e. The highest BCUT2D eigenvalue weighted by Crippen LogP contribution is 2.16. The third kappa shape index (κ3) is 4.98. The summed E-state index contributed by atoms with van der Waals surface area (Å²) in [5.41, 5.74) is 0.200. The van der Waals surface area contributed by atoms with Gasteiger partial charge in [0.1, 0.15) is 0 Å². The Labute approximate surface area is 118 Å². The highest BCUT2D eigenvalue weighted by Gasteiger charge is 2.14. The molecular formula is C10H15ClN2O4S2. The molecular weight excluding hydrogens is 312 g/mol. The van der Waals surface area contributed by atoms with Gasteiger partial charge in [-0.15, -0.1) is 11.6 Å². The van der Waals surface area contributed by atoms with Crippen molar-refractivity contribution in [3.8, 4) is 0 Å². The number of halogens is 1. The number of sulfonamides is 2. The predicted octanol–water partition coefficient (Wildman–Crippen LogP) is 0.965. The summed E-state index contributed by atoms with van der Waals surface area (Å²) in [4.78, 5) is -0.00690. The molecule has 0 unspecified atom stereocenters. The number of alkyl halides is 1. The number of rotatable bonds is 7. The molecule has 0 aliphatic heterocycles. The molecule has 1 aromatic carbocycles. The average Bonchev–Trinajstić information content (AvgIpc) is 2.36. The zero-order valence-corrected chi connectivity index (χ0v) is 12.6. The van der Waals surface area contributed by atoms with E-state index in [1.54, 1.807) is 0 Å². The summed E-state index contributed by atoms with van der Waals surface area (Å²) in [6.45, 7) is 0. The average molecular weight is 327 g/mol. The lowest BCUT2D eigenvalue weighted by atomic mass is 10.3. The Balaban J connectivity index is 2.96. The maximum absolute atomic E-state index is 11.7. The first-order chi connectivity index (χ1) is 8.80. The Hall–Kier alpha value is -0.830. The van der Waals surface area contributed by atoms with Crippen molar-refractivity contribution in [1.82, 2.24) is 4.72 Å². The molecule has 0 bridgehead atoms. The molecule has 0 aliphatic rings. The molecule has 2 N–H and O–H groups in total. The van der Waals surface area contributed by atoms with Crippen LogP contribution in [0.25, 0.3) is 0 Å². The molecule has 108 valence electrons. The smallest absolute Gasteiger partial charge is 0.240 e. The molecule has 1 aromatic rings. The number of hydrogen-bond acceptors (Lipinski definition) is 4. The van der Waals surface area contributed by atoms with Crippen LogP contribution in [-0.4, -0.2) is 35.5 Å². The van der Waals surface area contributed by atoms with Gasteiger partial charge in [-0.05, 0) is 31.7 Å². The number of benzene rings is 1. The summed E-state index contributed by atoms with van der Waals surface area (Å²) in [6.07, 6.45) is 0.325. The van der Waals surface area contributed by atoms with E-state index < -0.39 is 20.0 Å². The first kappa shape index (κ1) is 16.2. The third-order valence-corrected chi connectivity index (χ3v) is 5.29. The SMILES string of the molecule is CNS(=O)(=O)c1cccc(NS(=O)(=O)CCCCl)c1. The second kappa shape index (κ2) is 6.56. The lowest BCUT2D eigenvalue weighted by Crippen LogP contribution is -2.20. The van der Waals surface area contributed by atoms with Crippen molar-refractivity contribution in [1.29, 1.82) is 0 Å². The number of anilines is 1. The first-order valence-electron chi connectivity index (χ1n) is 5.41. The fourth-order valence-corrected chi connectivity index (χ4v) is 3.50. The van der Waals surface area contributed by atoms with E-state index in [0.29, 0.717) is 6.42 Å². The first-order valence-corrected chi connectivity index (χ1v) is 9.08. The molecule has 0 radical (unpaired) electrons. The van der Waals surface area contributed by atoms with E-state index in [2.05, 4.69) is 9.44 Å². The Kier molecular flexibility index (Phi) is 5.60. The Morgan fingerprint density at radius 3 is 2.47 bits per heavy atom. The summed E-state index contributed by atoms with van der Waals surface area (Å²) >= 11 is 5.43. The van der Waals surface area contributed by atoms with Crippen molar-refractivity contribution in [3.63, 3.8) is 0 Å². The molecule has 0 spiro atoms. The van der Waals surface area contributed by atoms with Crippen molar-refractivity contribution in [2.24, 2.45) is 0 Å². The summed E-state index contributed by atoms with van der Waals surface area (Å²) in [7, 11) is -5.83. The molecule has 6 nitrogen and oxygen atoms in total. The lowest BCUT2D eigenvalue weighted by Gasteiger charge is -2.09. The minimum atomic E-state index is -3.60. The van der Waals surface area contributed by atoms with Gasteiger partial charge in [-0.2, -0.15) is 0 Å². The van der Waals surface area contributed by atoms with Gasteiger partial charge in [0.05, 0.1) is 10.6 Å². The molecule has 0 amide bonds. The summed E-state index contributed by atoms with van der Waals surface area (Å²) in [6, 6.07) is 5.57. The van der Waals surface area contributed by atoms with Crippen LogP contribution in [0.5, 0.6) is 0 Å². The van der Waals surface area contributed by atoms with Crippen LogP contribution in [0.4, 0.5) is 5.69 Å². The zero-order valence-electron chi connectivity index (χ0n) is 10.3. The van der Waals surface area contributed by atoms with Gasteiger partial charge in [-0.25, -0.2) is 21.6 Å². The van der Waals surface area contributed by atoms with E-state index >= 15 is 0 Å². The van der Waals surface area contributed by atoms with Crippen LogP contribution in [0.15, 0.2) is 29.2 Å². The molecule has 0 aromatic heterocycles. The highest BCUT2D eigenvalue weighted by molar-refractivity contribution is 7.92. The number of hydrogen-bond donors (Lipinski definition) is 2. The summed E-state index contributed by atoms with van der Waals surface area (Å²) < 4.78 is 50.9. The van der Waals surface area contributed by atoms with Crippen LogP contribution < -0.4 is 9.44 Å². The van der Waals surface area contributed by atoms with Crippen LogP contribution in [0.1, 0.15) is 6.42 Å². The van der Waals surface area contributed by atoms with Crippen molar-refractivity contribution >= 4 is 37.3 Å². The van der Waals surface area contributed by atoms with Gasteiger partial charge < -0.3 is 0 Å². The van der Waals surface area contributed by atoms with Crippen molar-refractivity contribution in [3.05, 3.63) is 24.3 Å². The van der Waals surface area contributed by atoms with Crippen LogP contribution in [-0.2, 0) is 20.0 Å². The quantitative estimate of drug-likeness (QED) is 0.730. The third-order valence-electron chi connectivity index (χ3n) is 2.23. The standard InChI is InChI=1S/C10H15ClN2O4S2/c1-12-19(16,17)10-5-2-4-9(8-10)13-18(14,15)7-3-6-11/h2,4-5,8,12-13H,3,6-7H2,1H3. The predicted molar refractivity (Wildman–Crippen MR) is 75.4 cm³/mol. The van der Waals surface area contributed by atoms with Crippen molar-refractivity contribution < 1.29 is 16.8 Å². The Morgan fingerprint density at radius 2 is 1.89 bits per heavy atom. The maximum Gasteiger partial charge on any atom is 0.240 e. The fourth-order valence-electron chi connectivity index (χ4n) is 1.32. The van der Waals surface area contributed by atoms with Gasteiger partial charge in [0.15, 0.2) is 0 Å². The molecule has 0 fully saturated rings. The lowest BCUT2D eigenvalue weighted by molar-refractivity contribution is 0.588. The van der Waals surface area contributed by atoms with E-state index in [1.807, 2.05) is 0 Å². The largest absolute Gasteiger partial charge is 0.284 e. The van der Waals surface area contributed by atoms with Crippen LogP contribution >= 0.6 is 11.6 Å². The van der Waals surface area contributed by atoms with Crippen molar-refractivity contribution in [2.45, 2.75) is 11.3 Å². The van der Waals surface area contributed by atoms with Gasteiger partial charge in [0, 0.05) is 11.6 Å². The minimum absolute atomic E-state index is 0.00690. The molecule has 0 saturated heterocycles. The molecule has 0 heterocycles. The van der Waals surface area contributed by atoms with Crippen LogP contribution in [0.3, 0.4) is 0 Å². The van der Waals surface area contributed by atoms with Gasteiger partial charge in [-0.1, -0.05) is 6.07 Å². The Morgan fingerprint density at radius 1 is 1.21 bits per heavy atom. The van der Waals surface area contributed by atoms with E-state index in [4.69, 9.17) is 11.6 Å². The second-order valence-corrected chi connectivity index (χ2v) is 7.81. The zero-order chi connectivity index (χ0) is 14.5. The van der Waals surface area contributed by atoms with E-state index in [1.165, 1.54) is 31.3 Å². The fraction of sp³-hybridized carbons (Fsp3) is 0.400. The molecule has 9 heteroatoms. The van der Waals surface area contributed by atoms with Crippen LogP contribution in [0.2, 0.25) is 0 Å².